The molecule has 164 valence electrons. The van der Waals surface area contributed by atoms with Crippen molar-refractivity contribution >= 4 is 44.8 Å². The number of nitrogens with one attached hydrogen (secondary N) is 2. The van der Waals surface area contributed by atoms with Crippen LogP contribution < -0.4 is 15.4 Å². The van der Waals surface area contributed by atoms with Crippen molar-refractivity contribution in [3.63, 3.8) is 0 Å². The average Bonchev–Trinajstić information content (AvgIpc) is 3.22. The molecule has 1 saturated heterocycles. The number of halogens is 1. The number of anilines is 2. The van der Waals surface area contributed by atoms with E-state index in [-0.39, 0.29) is 17.3 Å². The van der Waals surface area contributed by atoms with Gasteiger partial charge in [-0.2, -0.15) is 4.31 Å². The molecule has 2 aromatic rings. The molecule has 2 atom stereocenters. The minimum absolute atomic E-state index is 0.0113. The smallest absolute Gasteiger partial charge is 0.265 e. The van der Waals surface area contributed by atoms with Crippen LogP contribution in [-0.4, -0.2) is 43.2 Å². The predicted octanol–water partition coefficient (Wildman–Crippen LogP) is 3.16. The maximum atomic E-state index is 13.3. The highest BCUT2D eigenvalue weighted by Crippen LogP contribution is 2.34. The van der Waals surface area contributed by atoms with Crippen molar-refractivity contribution < 1.29 is 22.7 Å². The van der Waals surface area contributed by atoms with E-state index < -0.39 is 28.1 Å². The third-order valence-electron chi connectivity index (χ3n) is 5.43. The Morgan fingerprint density at radius 2 is 2.03 bits per heavy atom. The van der Waals surface area contributed by atoms with E-state index in [0.717, 1.165) is 5.56 Å². The number of nitrogens with zero attached hydrogens (tertiary/aromatic N) is 1. The third kappa shape index (κ3) is 4.13. The molecule has 2 N–H and O–H groups in total. The number of sulfonamides is 1. The first-order valence-electron chi connectivity index (χ1n) is 9.87. The summed E-state index contributed by atoms with van der Waals surface area (Å²) in [5.41, 5.74) is 1.67. The molecule has 2 amide bonds. The second-order valence-corrected chi connectivity index (χ2v) is 9.93. The van der Waals surface area contributed by atoms with E-state index in [1.54, 1.807) is 25.1 Å². The number of ether oxygens (including phenoxy) is 1. The van der Waals surface area contributed by atoms with Crippen molar-refractivity contribution in [2.75, 3.05) is 17.2 Å². The van der Waals surface area contributed by atoms with Crippen molar-refractivity contribution in [2.24, 2.45) is 0 Å². The van der Waals surface area contributed by atoms with Crippen molar-refractivity contribution in [1.82, 2.24) is 4.31 Å². The van der Waals surface area contributed by atoms with Gasteiger partial charge in [0.05, 0.1) is 10.6 Å². The van der Waals surface area contributed by atoms with E-state index in [2.05, 4.69) is 10.6 Å². The van der Waals surface area contributed by atoms with Crippen LogP contribution in [0, 0.1) is 6.92 Å². The predicted molar refractivity (Wildman–Crippen MR) is 117 cm³/mol. The quantitative estimate of drug-likeness (QED) is 0.724. The molecule has 10 heteroatoms. The fourth-order valence-corrected chi connectivity index (χ4v) is 5.53. The van der Waals surface area contributed by atoms with Crippen molar-refractivity contribution in [2.45, 2.75) is 43.7 Å². The molecule has 2 heterocycles. The molecular weight excluding hydrogens is 442 g/mol. The molecular formula is C21H22ClN3O5S. The minimum Gasteiger partial charge on any atom is -0.479 e. The van der Waals surface area contributed by atoms with Gasteiger partial charge in [-0.3, -0.25) is 9.59 Å². The lowest BCUT2D eigenvalue weighted by atomic mass is 10.2. The molecule has 0 spiro atoms. The number of carbonyl (C=O) groups excluding carboxylic acids is 2. The van der Waals surface area contributed by atoms with Gasteiger partial charge in [0.1, 0.15) is 11.8 Å². The first-order valence-corrected chi connectivity index (χ1v) is 11.7. The van der Waals surface area contributed by atoms with Gasteiger partial charge in [0.25, 0.3) is 5.91 Å². The van der Waals surface area contributed by atoms with Crippen molar-refractivity contribution in [3.8, 4) is 5.75 Å². The lowest BCUT2D eigenvalue weighted by molar-refractivity contribution is -0.122. The van der Waals surface area contributed by atoms with Gasteiger partial charge in [0, 0.05) is 17.3 Å². The van der Waals surface area contributed by atoms with Crippen LogP contribution in [-0.2, 0) is 19.6 Å². The summed E-state index contributed by atoms with van der Waals surface area (Å²) in [4.78, 5) is 24.7. The fraction of sp³-hybridized carbons (Fsp3) is 0.333. The van der Waals surface area contributed by atoms with Gasteiger partial charge in [-0.15, -0.1) is 0 Å². The Morgan fingerprint density at radius 1 is 1.26 bits per heavy atom. The van der Waals surface area contributed by atoms with E-state index in [1.807, 2.05) is 6.92 Å². The summed E-state index contributed by atoms with van der Waals surface area (Å²) in [6, 6.07) is 8.60. The van der Waals surface area contributed by atoms with Crippen LogP contribution in [0.1, 0.15) is 25.3 Å². The standard InChI is InChI=1S/C21H22ClN3O5S/c1-12-5-6-14(10-16(12)22)23-21(27)18-4-3-9-25(18)31(28,29)15-7-8-19-17(11-15)24-20(26)13(2)30-19/h5-8,10-11,13,18H,3-4,9H2,1-2H3,(H,23,27)(H,24,26)/t13-,18-/m1/s1. The number of benzene rings is 2. The Kier molecular flexibility index (Phi) is 5.67. The number of fused-ring (bicyclic) bond motifs is 1. The zero-order chi connectivity index (χ0) is 22.3. The van der Waals surface area contributed by atoms with Gasteiger partial charge >= 0.3 is 0 Å². The second kappa shape index (κ2) is 8.14. The lowest BCUT2D eigenvalue weighted by Gasteiger charge is -2.26. The zero-order valence-electron chi connectivity index (χ0n) is 17.0. The molecule has 0 bridgehead atoms. The number of aryl methyl sites for hydroxylation is 1. The molecule has 2 aromatic carbocycles. The minimum atomic E-state index is -3.96. The highest BCUT2D eigenvalue weighted by Gasteiger charge is 2.40. The molecule has 2 aliphatic heterocycles. The first-order chi connectivity index (χ1) is 14.7. The molecule has 0 saturated carbocycles. The first kappa shape index (κ1) is 21.6. The van der Waals surface area contributed by atoms with Crippen LogP contribution in [0.15, 0.2) is 41.3 Å². The van der Waals surface area contributed by atoms with Crippen LogP contribution in [0.3, 0.4) is 0 Å². The molecule has 0 unspecified atom stereocenters. The third-order valence-corrected chi connectivity index (χ3v) is 7.75. The van der Waals surface area contributed by atoms with Gasteiger partial charge in [-0.25, -0.2) is 8.42 Å². The molecule has 0 radical (unpaired) electrons. The Hall–Kier alpha value is -2.62. The molecule has 1 fully saturated rings. The second-order valence-electron chi connectivity index (χ2n) is 7.63. The molecule has 0 aliphatic carbocycles. The normalized spacial score (nSPS) is 21.2. The Bertz CT molecular complexity index is 1170. The summed E-state index contributed by atoms with van der Waals surface area (Å²) in [6.45, 7) is 3.69. The largest absolute Gasteiger partial charge is 0.479 e. The summed E-state index contributed by atoms with van der Waals surface area (Å²) in [7, 11) is -3.96. The van der Waals surface area contributed by atoms with Gasteiger partial charge < -0.3 is 15.4 Å². The molecule has 31 heavy (non-hydrogen) atoms. The summed E-state index contributed by atoms with van der Waals surface area (Å²) in [6.07, 6.45) is 0.318. The van der Waals surface area contributed by atoms with Gasteiger partial charge in [-0.05, 0) is 62.6 Å². The van der Waals surface area contributed by atoms with Crippen molar-refractivity contribution in [1.29, 1.82) is 0 Å². The van der Waals surface area contributed by atoms with Gasteiger partial charge in [0.15, 0.2) is 6.10 Å². The monoisotopic (exact) mass is 463 g/mol. The number of hydrogen-bond donors (Lipinski definition) is 2. The summed E-state index contributed by atoms with van der Waals surface area (Å²) < 4.78 is 33.3. The number of amides is 2. The van der Waals surface area contributed by atoms with Crippen molar-refractivity contribution in [3.05, 3.63) is 47.0 Å². The molecule has 4 rings (SSSR count). The topological polar surface area (TPSA) is 105 Å². The van der Waals surface area contributed by atoms with Crippen LogP contribution >= 0.6 is 11.6 Å². The lowest BCUT2D eigenvalue weighted by Crippen LogP contribution is -2.43. The Labute approximate surface area is 185 Å². The highest BCUT2D eigenvalue weighted by atomic mass is 35.5. The van der Waals surface area contributed by atoms with Gasteiger partial charge in [0.2, 0.25) is 15.9 Å². The number of rotatable bonds is 4. The van der Waals surface area contributed by atoms with Crippen LogP contribution in [0.2, 0.25) is 5.02 Å². The summed E-state index contributed by atoms with van der Waals surface area (Å²) in [5, 5.41) is 5.93. The maximum absolute atomic E-state index is 13.3. The molecule has 8 nitrogen and oxygen atoms in total. The number of carbonyl (C=O) groups is 2. The van der Waals surface area contributed by atoms with Crippen LogP contribution in [0.4, 0.5) is 11.4 Å². The van der Waals surface area contributed by atoms with Crippen LogP contribution in [0.5, 0.6) is 5.75 Å². The fourth-order valence-electron chi connectivity index (χ4n) is 3.67. The van der Waals surface area contributed by atoms with Gasteiger partial charge in [-0.1, -0.05) is 17.7 Å². The maximum Gasteiger partial charge on any atom is 0.265 e. The molecule has 2 aliphatic rings. The zero-order valence-corrected chi connectivity index (χ0v) is 18.6. The van der Waals surface area contributed by atoms with E-state index in [0.29, 0.717) is 35.0 Å². The molecule has 0 aromatic heterocycles. The summed E-state index contributed by atoms with van der Waals surface area (Å²) >= 11 is 6.12. The van der Waals surface area contributed by atoms with E-state index in [9.17, 15) is 18.0 Å². The number of hydrogen-bond acceptors (Lipinski definition) is 5. The Balaban J connectivity index is 1.57. The summed E-state index contributed by atoms with van der Waals surface area (Å²) in [5.74, 6) is -0.361. The van der Waals surface area contributed by atoms with E-state index >= 15 is 0 Å². The van der Waals surface area contributed by atoms with E-state index in [1.165, 1.54) is 22.5 Å². The average molecular weight is 464 g/mol. The van der Waals surface area contributed by atoms with Crippen LogP contribution in [0.25, 0.3) is 0 Å². The van der Waals surface area contributed by atoms with E-state index in [4.69, 9.17) is 16.3 Å². The Morgan fingerprint density at radius 3 is 2.77 bits per heavy atom. The highest BCUT2D eigenvalue weighted by molar-refractivity contribution is 7.89. The SMILES string of the molecule is Cc1ccc(NC(=O)[C@H]2CCCN2S(=O)(=O)c2ccc3c(c2)NC(=O)[C@@H](C)O3)cc1Cl.